The number of hydrogen-bond donors (Lipinski definition) is 2. The molecule has 1 aromatic carbocycles. The third-order valence-electron chi connectivity index (χ3n) is 4.30. The molecule has 1 unspecified atom stereocenters. The Hall–Kier alpha value is -1.06. The maximum absolute atomic E-state index is 9.63. The summed E-state index contributed by atoms with van der Waals surface area (Å²) in [6.45, 7) is 10.1. The Labute approximate surface area is 123 Å². The number of aliphatic hydroxyl groups excluding tert-OH is 1. The Morgan fingerprint density at radius 2 is 1.85 bits per heavy atom. The predicted molar refractivity (Wildman–Crippen MR) is 84.1 cm³/mol. The molecule has 3 heteroatoms. The SMILES string of the molecule is CCOc1ccccc1C(C)NCC(CC)(CC)CO. The summed E-state index contributed by atoms with van der Waals surface area (Å²) in [4.78, 5) is 0. The second kappa shape index (κ2) is 8.28. The second-order valence-electron chi connectivity index (χ2n) is 5.44. The van der Waals surface area contributed by atoms with E-state index < -0.39 is 0 Å². The highest BCUT2D eigenvalue weighted by molar-refractivity contribution is 5.35. The Kier molecular flexibility index (Phi) is 7.03. The fourth-order valence-electron chi connectivity index (χ4n) is 2.38. The number of aliphatic hydroxyl groups is 1. The lowest BCUT2D eigenvalue weighted by atomic mass is 9.83. The average Bonchev–Trinajstić information content (AvgIpc) is 2.50. The number of hydrogen-bond acceptors (Lipinski definition) is 3. The van der Waals surface area contributed by atoms with E-state index in [1.54, 1.807) is 0 Å². The lowest BCUT2D eigenvalue weighted by Gasteiger charge is -2.31. The summed E-state index contributed by atoms with van der Waals surface area (Å²) in [5.41, 5.74) is 1.16. The predicted octanol–water partition coefficient (Wildman–Crippen LogP) is 3.53. The molecule has 0 bridgehead atoms. The van der Waals surface area contributed by atoms with E-state index in [9.17, 15) is 5.11 Å². The maximum Gasteiger partial charge on any atom is 0.124 e. The summed E-state index contributed by atoms with van der Waals surface area (Å²) in [5.74, 6) is 0.942. The number of nitrogens with one attached hydrogen (secondary N) is 1. The third kappa shape index (κ3) is 4.22. The van der Waals surface area contributed by atoms with Gasteiger partial charge >= 0.3 is 0 Å². The zero-order valence-corrected chi connectivity index (χ0v) is 13.3. The summed E-state index contributed by atoms with van der Waals surface area (Å²) in [6, 6.07) is 8.35. The van der Waals surface area contributed by atoms with E-state index in [-0.39, 0.29) is 18.1 Å². The molecule has 0 amide bonds. The van der Waals surface area contributed by atoms with Gasteiger partial charge in [0.1, 0.15) is 5.75 Å². The minimum atomic E-state index is -0.0190. The van der Waals surface area contributed by atoms with Gasteiger partial charge in [-0.3, -0.25) is 0 Å². The van der Waals surface area contributed by atoms with Crippen LogP contribution in [0.4, 0.5) is 0 Å². The summed E-state index contributed by atoms with van der Waals surface area (Å²) in [5, 5.41) is 13.2. The summed E-state index contributed by atoms with van der Waals surface area (Å²) in [7, 11) is 0. The van der Waals surface area contributed by atoms with Crippen molar-refractivity contribution in [2.24, 2.45) is 5.41 Å². The maximum atomic E-state index is 9.63. The molecule has 1 rings (SSSR count). The molecule has 2 N–H and O–H groups in total. The molecule has 0 saturated heterocycles. The molecule has 0 spiro atoms. The van der Waals surface area contributed by atoms with Crippen LogP contribution in [0.15, 0.2) is 24.3 Å². The standard InChI is InChI=1S/C17H29NO2/c1-5-17(6-2,13-19)12-18-14(4)15-10-8-9-11-16(15)20-7-3/h8-11,14,18-19H,5-7,12-13H2,1-4H3. The molecule has 0 aliphatic heterocycles. The molecule has 0 heterocycles. The average molecular weight is 279 g/mol. The molecule has 1 aromatic rings. The zero-order valence-electron chi connectivity index (χ0n) is 13.3. The van der Waals surface area contributed by atoms with E-state index in [1.165, 1.54) is 5.56 Å². The van der Waals surface area contributed by atoms with Crippen LogP contribution in [-0.4, -0.2) is 24.9 Å². The molecule has 0 fully saturated rings. The molecule has 0 saturated carbocycles. The van der Waals surface area contributed by atoms with E-state index in [2.05, 4.69) is 32.2 Å². The van der Waals surface area contributed by atoms with Crippen LogP contribution < -0.4 is 10.1 Å². The topological polar surface area (TPSA) is 41.5 Å². The number of rotatable bonds is 9. The molecular formula is C17H29NO2. The van der Waals surface area contributed by atoms with Crippen LogP contribution in [-0.2, 0) is 0 Å². The van der Waals surface area contributed by atoms with Gasteiger partial charge in [0.05, 0.1) is 6.61 Å². The van der Waals surface area contributed by atoms with Crippen LogP contribution in [0.3, 0.4) is 0 Å². The van der Waals surface area contributed by atoms with Crippen LogP contribution in [0.1, 0.15) is 52.1 Å². The van der Waals surface area contributed by atoms with Crippen molar-refractivity contribution in [3.8, 4) is 5.75 Å². The molecule has 114 valence electrons. The highest BCUT2D eigenvalue weighted by atomic mass is 16.5. The van der Waals surface area contributed by atoms with E-state index >= 15 is 0 Å². The van der Waals surface area contributed by atoms with Gasteiger partial charge in [0.15, 0.2) is 0 Å². The van der Waals surface area contributed by atoms with Gasteiger partial charge in [0.25, 0.3) is 0 Å². The van der Waals surface area contributed by atoms with Crippen molar-refractivity contribution in [3.63, 3.8) is 0 Å². The fraction of sp³-hybridized carbons (Fsp3) is 0.647. The van der Waals surface area contributed by atoms with Gasteiger partial charge in [-0.25, -0.2) is 0 Å². The number of benzene rings is 1. The summed E-state index contributed by atoms with van der Waals surface area (Å²) < 4.78 is 5.68. The largest absolute Gasteiger partial charge is 0.494 e. The molecule has 20 heavy (non-hydrogen) atoms. The van der Waals surface area contributed by atoms with Crippen LogP contribution in [0.5, 0.6) is 5.75 Å². The molecule has 0 aliphatic carbocycles. The van der Waals surface area contributed by atoms with Gasteiger partial charge in [-0.15, -0.1) is 0 Å². The molecule has 1 atom stereocenters. The summed E-state index contributed by atoms with van der Waals surface area (Å²) in [6.07, 6.45) is 1.96. The quantitative estimate of drug-likeness (QED) is 0.726. The van der Waals surface area contributed by atoms with Crippen molar-refractivity contribution in [1.82, 2.24) is 5.32 Å². The van der Waals surface area contributed by atoms with Crippen molar-refractivity contribution in [3.05, 3.63) is 29.8 Å². The summed E-state index contributed by atoms with van der Waals surface area (Å²) >= 11 is 0. The molecular weight excluding hydrogens is 250 g/mol. The second-order valence-corrected chi connectivity index (χ2v) is 5.44. The van der Waals surface area contributed by atoms with Crippen molar-refractivity contribution in [2.45, 2.75) is 46.6 Å². The van der Waals surface area contributed by atoms with Crippen molar-refractivity contribution >= 4 is 0 Å². The van der Waals surface area contributed by atoms with Gasteiger partial charge < -0.3 is 15.2 Å². The molecule has 0 aromatic heterocycles. The minimum absolute atomic E-state index is 0.0190. The van der Waals surface area contributed by atoms with Gasteiger partial charge in [-0.2, -0.15) is 0 Å². The van der Waals surface area contributed by atoms with Crippen molar-refractivity contribution in [1.29, 1.82) is 0 Å². The normalized spacial score (nSPS) is 13.2. The highest BCUT2D eigenvalue weighted by Crippen LogP contribution is 2.28. The van der Waals surface area contributed by atoms with Crippen LogP contribution in [0.25, 0.3) is 0 Å². The van der Waals surface area contributed by atoms with Crippen molar-refractivity contribution < 1.29 is 9.84 Å². The third-order valence-corrected chi connectivity index (χ3v) is 4.30. The number of para-hydroxylation sites is 1. The van der Waals surface area contributed by atoms with Crippen LogP contribution in [0.2, 0.25) is 0 Å². The van der Waals surface area contributed by atoms with Crippen molar-refractivity contribution in [2.75, 3.05) is 19.8 Å². The smallest absolute Gasteiger partial charge is 0.124 e. The van der Waals surface area contributed by atoms with Crippen LogP contribution in [0, 0.1) is 5.41 Å². The van der Waals surface area contributed by atoms with E-state index in [1.807, 2.05) is 25.1 Å². The first-order valence-corrected chi connectivity index (χ1v) is 7.68. The van der Waals surface area contributed by atoms with E-state index in [0.717, 1.165) is 25.1 Å². The van der Waals surface area contributed by atoms with Gasteiger partial charge in [-0.05, 0) is 32.8 Å². The Balaban J connectivity index is 2.73. The first kappa shape index (κ1) is 17.0. The Morgan fingerprint density at radius 3 is 2.40 bits per heavy atom. The van der Waals surface area contributed by atoms with Gasteiger partial charge in [-0.1, -0.05) is 32.0 Å². The first-order chi connectivity index (χ1) is 9.62. The lowest BCUT2D eigenvalue weighted by molar-refractivity contribution is 0.110. The molecule has 0 radical (unpaired) electrons. The fourth-order valence-corrected chi connectivity index (χ4v) is 2.38. The molecule has 0 aliphatic rings. The van der Waals surface area contributed by atoms with E-state index in [0.29, 0.717) is 6.61 Å². The zero-order chi connectivity index (χ0) is 15.0. The Bertz CT molecular complexity index is 380. The lowest BCUT2D eigenvalue weighted by Crippen LogP contribution is -2.37. The number of ether oxygens (including phenoxy) is 1. The van der Waals surface area contributed by atoms with Gasteiger partial charge in [0.2, 0.25) is 0 Å². The highest BCUT2D eigenvalue weighted by Gasteiger charge is 2.26. The minimum Gasteiger partial charge on any atom is -0.494 e. The van der Waals surface area contributed by atoms with Crippen LogP contribution >= 0.6 is 0 Å². The van der Waals surface area contributed by atoms with Gasteiger partial charge in [0, 0.05) is 30.2 Å². The van der Waals surface area contributed by atoms with E-state index in [4.69, 9.17) is 4.74 Å². The first-order valence-electron chi connectivity index (χ1n) is 7.68. The monoisotopic (exact) mass is 279 g/mol. The Morgan fingerprint density at radius 1 is 1.20 bits per heavy atom. The molecule has 3 nitrogen and oxygen atoms in total.